The quantitative estimate of drug-likeness (QED) is 0.622. The van der Waals surface area contributed by atoms with Gasteiger partial charge in [0.2, 0.25) is 0 Å². The predicted octanol–water partition coefficient (Wildman–Crippen LogP) is 2.37. The Morgan fingerprint density at radius 1 is 1.31 bits per heavy atom. The molecule has 0 aliphatic heterocycles. The SMILES string of the molecule is C=C(C)CNC(=S)NCc1ccc(F)cc1. The zero-order valence-electron chi connectivity index (χ0n) is 9.22. The second-order valence-electron chi connectivity index (χ2n) is 3.62. The van der Waals surface area contributed by atoms with Crippen molar-refractivity contribution in [3.63, 3.8) is 0 Å². The smallest absolute Gasteiger partial charge is 0.166 e. The third-order valence-electron chi connectivity index (χ3n) is 1.92. The van der Waals surface area contributed by atoms with Crippen LogP contribution < -0.4 is 10.6 Å². The van der Waals surface area contributed by atoms with E-state index in [0.717, 1.165) is 11.1 Å². The van der Waals surface area contributed by atoms with Crippen molar-refractivity contribution in [1.29, 1.82) is 0 Å². The maximum Gasteiger partial charge on any atom is 0.166 e. The Labute approximate surface area is 101 Å². The summed E-state index contributed by atoms with van der Waals surface area (Å²) in [4.78, 5) is 0. The molecule has 2 N–H and O–H groups in total. The van der Waals surface area contributed by atoms with E-state index in [1.165, 1.54) is 12.1 Å². The molecule has 0 saturated heterocycles. The van der Waals surface area contributed by atoms with E-state index in [1.54, 1.807) is 12.1 Å². The second-order valence-corrected chi connectivity index (χ2v) is 4.03. The molecule has 0 fully saturated rings. The lowest BCUT2D eigenvalue weighted by Gasteiger charge is -2.10. The fraction of sp³-hybridized carbons (Fsp3) is 0.250. The van der Waals surface area contributed by atoms with Gasteiger partial charge in [-0.3, -0.25) is 0 Å². The van der Waals surface area contributed by atoms with E-state index in [4.69, 9.17) is 12.2 Å². The Kier molecular flexibility index (Phi) is 4.92. The molecular formula is C12H15FN2S. The number of halogens is 1. The average Bonchev–Trinajstić information content (AvgIpc) is 2.25. The standard InChI is InChI=1S/C12H15FN2S/c1-9(2)7-14-12(16)15-8-10-3-5-11(13)6-4-10/h3-6H,1,7-8H2,2H3,(H2,14,15,16). The summed E-state index contributed by atoms with van der Waals surface area (Å²) in [5.74, 6) is -0.230. The predicted molar refractivity (Wildman–Crippen MR) is 68.7 cm³/mol. The highest BCUT2D eigenvalue weighted by molar-refractivity contribution is 7.80. The van der Waals surface area contributed by atoms with Crippen molar-refractivity contribution in [3.8, 4) is 0 Å². The van der Waals surface area contributed by atoms with Crippen molar-refractivity contribution in [1.82, 2.24) is 10.6 Å². The van der Waals surface area contributed by atoms with Gasteiger partial charge in [-0.05, 0) is 36.8 Å². The average molecular weight is 238 g/mol. The van der Waals surface area contributed by atoms with Crippen LogP contribution in [0.15, 0.2) is 36.4 Å². The molecule has 0 heterocycles. The molecule has 1 aromatic carbocycles. The molecule has 0 bridgehead atoms. The minimum absolute atomic E-state index is 0.230. The monoisotopic (exact) mass is 238 g/mol. The summed E-state index contributed by atoms with van der Waals surface area (Å²) >= 11 is 5.06. The summed E-state index contributed by atoms with van der Waals surface area (Å²) in [7, 11) is 0. The number of nitrogens with one attached hydrogen (secondary N) is 2. The van der Waals surface area contributed by atoms with E-state index in [-0.39, 0.29) is 5.82 Å². The molecule has 0 unspecified atom stereocenters. The minimum atomic E-state index is -0.230. The molecule has 2 nitrogen and oxygen atoms in total. The molecule has 1 rings (SSSR count). The summed E-state index contributed by atoms with van der Waals surface area (Å²) in [6.07, 6.45) is 0. The molecule has 4 heteroatoms. The van der Waals surface area contributed by atoms with E-state index in [0.29, 0.717) is 18.2 Å². The van der Waals surface area contributed by atoms with Crippen molar-refractivity contribution in [2.75, 3.05) is 6.54 Å². The van der Waals surface area contributed by atoms with Crippen LogP contribution in [0, 0.1) is 5.82 Å². The number of benzene rings is 1. The number of thiocarbonyl (C=S) groups is 1. The third kappa shape index (κ3) is 4.89. The Morgan fingerprint density at radius 2 is 1.94 bits per heavy atom. The van der Waals surface area contributed by atoms with Gasteiger partial charge >= 0.3 is 0 Å². The van der Waals surface area contributed by atoms with Crippen LogP contribution in [0.5, 0.6) is 0 Å². The minimum Gasteiger partial charge on any atom is -0.359 e. The van der Waals surface area contributed by atoms with Gasteiger partial charge in [-0.15, -0.1) is 0 Å². The molecule has 0 atom stereocenters. The first-order valence-corrected chi connectivity index (χ1v) is 5.39. The molecule has 0 aromatic heterocycles. The first-order chi connectivity index (χ1) is 7.58. The zero-order chi connectivity index (χ0) is 12.0. The van der Waals surface area contributed by atoms with E-state index < -0.39 is 0 Å². The molecule has 16 heavy (non-hydrogen) atoms. The van der Waals surface area contributed by atoms with Crippen LogP contribution in [0.4, 0.5) is 4.39 Å². The first kappa shape index (κ1) is 12.6. The van der Waals surface area contributed by atoms with Gasteiger partial charge in [0.05, 0.1) is 0 Å². The summed E-state index contributed by atoms with van der Waals surface area (Å²) < 4.78 is 12.6. The summed E-state index contributed by atoms with van der Waals surface area (Å²) in [6.45, 7) is 6.94. The number of hydrogen-bond donors (Lipinski definition) is 2. The Balaban J connectivity index is 2.31. The lowest BCUT2D eigenvalue weighted by Crippen LogP contribution is -2.35. The lowest BCUT2D eigenvalue weighted by molar-refractivity contribution is 0.626. The summed E-state index contributed by atoms with van der Waals surface area (Å²) in [5.41, 5.74) is 2.01. The van der Waals surface area contributed by atoms with Gasteiger partial charge in [-0.25, -0.2) is 4.39 Å². The van der Waals surface area contributed by atoms with Crippen LogP contribution in [0.2, 0.25) is 0 Å². The van der Waals surface area contributed by atoms with E-state index in [2.05, 4.69) is 17.2 Å². The van der Waals surface area contributed by atoms with Gasteiger partial charge in [0.25, 0.3) is 0 Å². The van der Waals surface area contributed by atoms with Crippen molar-refractivity contribution in [2.45, 2.75) is 13.5 Å². The van der Waals surface area contributed by atoms with Crippen LogP contribution in [-0.2, 0) is 6.54 Å². The van der Waals surface area contributed by atoms with E-state index >= 15 is 0 Å². The maximum atomic E-state index is 12.6. The number of hydrogen-bond acceptors (Lipinski definition) is 1. The maximum absolute atomic E-state index is 12.6. The van der Waals surface area contributed by atoms with E-state index in [1.807, 2.05) is 6.92 Å². The Bertz CT molecular complexity index is 373. The Morgan fingerprint density at radius 3 is 2.50 bits per heavy atom. The largest absolute Gasteiger partial charge is 0.359 e. The normalized spacial score (nSPS) is 9.62. The summed E-state index contributed by atoms with van der Waals surface area (Å²) in [6, 6.07) is 6.32. The molecule has 0 radical (unpaired) electrons. The van der Waals surface area contributed by atoms with Gasteiger partial charge in [-0.2, -0.15) is 0 Å². The molecule has 0 saturated carbocycles. The van der Waals surface area contributed by atoms with Crippen LogP contribution in [0.25, 0.3) is 0 Å². The van der Waals surface area contributed by atoms with Gasteiger partial charge in [-0.1, -0.05) is 24.3 Å². The highest BCUT2D eigenvalue weighted by atomic mass is 32.1. The fourth-order valence-corrected chi connectivity index (χ4v) is 1.22. The van der Waals surface area contributed by atoms with Crippen LogP contribution in [-0.4, -0.2) is 11.7 Å². The summed E-state index contributed by atoms with van der Waals surface area (Å²) in [5, 5.41) is 6.62. The van der Waals surface area contributed by atoms with Gasteiger partial charge < -0.3 is 10.6 Å². The third-order valence-corrected chi connectivity index (χ3v) is 2.21. The van der Waals surface area contributed by atoms with Gasteiger partial charge in [0.15, 0.2) is 5.11 Å². The molecular weight excluding hydrogens is 223 g/mol. The highest BCUT2D eigenvalue weighted by Gasteiger charge is 1.96. The van der Waals surface area contributed by atoms with Gasteiger partial charge in [0.1, 0.15) is 5.82 Å². The lowest BCUT2D eigenvalue weighted by atomic mass is 10.2. The fourth-order valence-electron chi connectivity index (χ4n) is 1.08. The van der Waals surface area contributed by atoms with Crippen molar-refractivity contribution >= 4 is 17.3 Å². The number of rotatable bonds is 4. The van der Waals surface area contributed by atoms with Crippen LogP contribution in [0.1, 0.15) is 12.5 Å². The zero-order valence-corrected chi connectivity index (χ0v) is 10.0. The second kappa shape index (κ2) is 6.23. The van der Waals surface area contributed by atoms with Crippen LogP contribution >= 0.6 is 12.2 Å². The molecule has 86 valence electrons. The van der Waals surface area contributed by atoms with Gasteiger partial charge in [0, 0.05) is 13.1 Å². The van der Waals surface area contributed by atoms with Crippen molar-refractivity contribution < 1.29 is 4.39 Å². The molecule has 0 spiro atoms. The highest BCUT2D eigenvalue weighted by Crippen LogP contribution is 2.01. The molecule has 1 aromatic rings. The van der Waals surface area contributed by atoms with Crippen molar-refractivity contribution in [2.24, 2.45) is 0 Å². The Hall–Kier alpha value is -1.42. The molecule has 0 amide bonds. The van der Waals surface area contributed by atoms with Crippen LogP contribution in [0.3, 0.4) is 0 Å². The van der Waals surface area contributed by atoms with Crippen molar-refractivity contribution in [3.05, 3.63) is 47.8 Å². The molecule has 0 aliphatic rings. The van der Waals surface area contributed by atoms with E-state index in [9.17, 15) is 4.39 Å². The molecule has 0 aliphatic carbocycles. The topological polar surface area (TPSA) is 24.1 Å². The first-order valence-electron chi connectivity index (χ1n) is 4.98.